The highest BCUT2D eigenvalue weighted by Gasteiger charge is 2.19. The van der Waals surface area contributed by atoms with E-state index in [4.69, 9.17) is 23.2 Å². The lowest BCUT2D eigenvalue weighted by Gasteiger charge is -2.32. The van der Waals surface area contributed by atoms with Crippen molar-refractivity contribution in [2.45, 2.75) is 32.7 Å². The van der Waals surface area contributed by atoms with Gasteiger partial charge in [-0.05, 0) is 38.8 Å². The van der Waals surface area contributed by atoms with Gasteiger partial charge < -0.3 is 5.32 Å². The molecule has 0 amide bonds. The van der Waals surface area contributed by atoms with Crippen LogP contribution in [0.2, 0.25) is 10.0 Å². The highest BCUT2D eigenvalue weighted by atomic mass is 35.5. The van der Waals surface area contributed by atoms with Gasteiger partial charge in [-0.25, -0.2) is 4.39 Å². The van der Waals surface area contributed by atoms with Crippen LogP contribution < -0.4 is 5.32 Å². The van der Waals surface area contributed by atoms with E-state index in [2.05, 4.69) is 30.1 Å². The summed E-state index contributed by atoms with van der Waals surface area (Å²) < 4.78 is 13.4. The lowest BCUT2D eigenvalue weighted by atomic mass is 10.0. The molecule has 2 nitrogen and oxygen atoms in total. The average molecular weight is 331 g/mol. The van der Waals surface area contributed by atoms with Crippen molar-refractivity contribution in [2.24, 2.45) is 0 Å². The second kappa shape index (κ2) is 7.48. The SMILES string of the molecule is CC(C)=CCN1CCC(Nc2cc(Cl)c(F)c(Cl)c2)CC1. The van der Waals surface area contributed by atoms with Crippen molar-refractivity contribution >= 4 is 28.9 Å². The molecule has 1 fully saturated rings. The molecule has 0 aliphatic carbocycles. The van der Waals surface area contributed by atoms with Crippen molar-refractivity contribution in [3.05, 3.63) is 39.6 Å². The standard InChI is InChI=1S/C16H21Cl2FN2/c1-11(2)3-6-21-7-4-12(5-8-21)20-13-9-14(17)16(19)15(18)10-13/h3,9-10,12,20H,4-8H2,1-2H3. The normalized spacial score (nSPS) is 16.8. The van der Waals surface area contributed by atoms with Crippen molar-refractivity contribution < 1.29 is 4.39 Å². The summed E-state index contributed by atoms with van der Waals surface area (Å²) in [5.41, 5.74) is 2.14. The van der Waals surface area contributed by atoms with Crippen LogP contribution in [0.5, 0.6) is 0 Å². The fourth-order valence-electron chi connectivity index (χ4n) is 2.45. The summed E-state index contributed by atoms with van der Waals surface area (Å²) in [4.78, 5) is 2.44. The van der Waals surface area contributed by atoms with Crippen LogP contribution in [0.4, 0.5) is 10.1 Å². The molecule has 1 aromatic carbocycles. The lowest BCUT2D eigenvalue weighted by Crippen LogP contribution is -2.39. The minimum absolute atomic E-state index is 0.0611. The van der Waals surface area contributed by atoms with E-state index in [1.54, 1.807) is 12.1 Å². The van der Waals surface area contributed by atoms with Gasteiger partial charge in [0.05, 0.1) is 10.0 Å². The summed E-state index contributed by atoms with van der Waals surface area (Å²) in [6.45, 7) is 7.38. The quantitative estimate of drug-likeness (QED) is 0.619. The van der Waals surface area contributed by atoms with Gasteiger partial charge in [-0.1, -0.05) is 34.9 Å². The van der Waals surface area contributed by atoms with Gasteiger partial charge in [0.2, 0.25) is 0 Å². The van der Waals surface area contributed by atoms with Crippen LogP contribution in [0.15, 0.2) is 23.8 Å². The molecule has 2 rings (SSSR count). The smallest absolute Gasteiger partial charge is 0.160 e. The van der Waals surface area contributed by atoms with Crippen LogP contribution in [0, 0.1) is 5.82 Å². The molecule has 1 N–H and O–H groups in total. The number of anilines is 1. The first-order valence-electron chi connectivity index (χ1n) is 7.22. The van der Waals surface area contributed by atoms with Gasteiger partial charge in [-0.15, -0.1) is 0 Å². The van der Waals surface area contributed by atoms with E-state index in [1.165, 1.54) is 5.57 Å². The summed E-state index contributed by atoms with van der Waals surface area (Å²) in [5.74, 6) is -0.555. The number of piperidine rings is 1. The number of likely N-dealkylation sites (tertiary alicyclic amines) is 1. The van der Waals surface area contributed by atoms with Crippen LogP contribution in [0.3, 0.4) is 0 Å². The maximum atomic E-state index is 13.4. The van der Waals surface area contributed by atoms with Crippen molar-refractivity contribution in [3.8, 4) is 0 Å². The molecule has 1 heterocycles. The molecule has 0 saturated carbocycles. The van der Waals surface area contributed by atoms with Gasteiger partial charge in [-0.3, -0.25) is 4.90 Å². The number of halogens is 3. The molecule has 1 saturated heterocycles. The van der Waals surface area contributed by atoms with Crippen molar-refractivity contribution in [2.75, 3.05) is 25.0 Å². The molecule has 1 aliphatic heterocycles. The molecule has 116 valence electrons. The first kappa shape index (κ1) is 16.6. The highest BCUT2D eigenvalue weighted by Crippen LogP contribution is 2.28. The van der Waals surface area contributed by atoms with Crippen molar-refractivity contribution in [1.29, 1.82) is 0 Å². The fourth-order valence-corrected chi connectivity index (χ4v) is 2.93. The van der Waals surface area contributed by atoms with E-state index in [-0.39, 0.29) is 10.0 Å². The Labute approximate surface area is 135 Å². The second-order valence-electron chi connectivity index (χ2n) is 5.75. The van der Waals surface area contributed by atoms with Gasteiger partial charge in [0, 0.05) is 31.4 Å². The number of nitrogens with zero attached hydrogens (tertiary/aromatic N) is 1. The largest absolute Gasteiger partial charge is 0.382 e. The number of benzene rings is 1. The molecule has 0 unspecified atom stereocenters. The van der Waals surface area contributed by atoms with E-state index in [9.17, 15) is 4.39 Å². The first-order valence-corrected chi connectivity index (χ1v) is 7.98. The zero-order valence-corrected chi connectivity index (χ0v) is 13.9. The molecule has 1 aliphatic rings. The van der Waals surface area contributed by atoms with Gasteiger partial charge >= 0.3 is 0 Å². The fraction of sp³-hybridized carbons (Fsp3) is 0.500. The molecule has 0 radical (unpaired) electrons. The van der Waals surface area contributed by atoms with Crippen LogP contribution in [-0.2, 0) is 0 Å². The minimum atomic E-state index is -0.555. The summed E-state index contributed by atoms with van der Waals surface area (Å²) in [5, 5.41) is 3.52. The predicted octanol–water partition coefficient (Wildman–Crippen LogP) is 4.98. The van der Waals surface area contributed by atoms with Crippen LogP contribution in [0.1, 0.15) is 26.7 Å². The topological polar surface area (TPSA) is 15.3 Å². The van der Waals surface area contributed by atoms with E-state index in [0.717, 1.165) is 38.2 Å². The van der Waals surface area contributed by atoms with Crippen LogP contribution >= 0.6 is 23.2 Å². The van der Waals surface area contributed by atoms with Crippen molar-refractivity contribution in [3.63, 3.8) is 0 Å². The summed E-state index contributed by atoms with van der Waals surface area (Å²) in [6, 6.07) is 3.57. The summed E-state index contributed by atoms with van der Waals surface area (Å²) in [7, 11) is 0. The predicted molar refractivity (Wildman–Crippen MR) is 88.9 cm³/mol. The Morgan fingerprint density at radius 2 is 1.86 bits per heavy atom. The van der Waals surface area contributed by atoms with Crippen molar-refractivity contribution in [1.82, 2.24) is 4.90 Å². The monoisotopic (exact) mass is 330 g/mol. The van der Waals surface area contributed by atoms with Gasteiger partial charge in [0.1, 0.15) is 0 Å². The maximum absolute atomic E-state index is 13.4. The minimum Gasteiger partial charge on any atom is -0.382 e. The van der Waals surface area contributed by atoms with Gasteiger partial charge in [-0.2, -0.15) is 0 Å². The third kappa shape index (κ3) is 4.87. The Morgan fingerprint density at radius 1 is 1.29 bits per heavy atom. The Morgan fingerprint density at radius 3 is 2.38 bits per heavy atom. The molecular weight excluding hydrogens is 310 g/mol. The Hall–Kier alpha value is -0.770. The molecule has 0 aromatic heterocycles. The lowest BCUT2D eigenvalue weighted by molar-refractivity contribution is 0.240. The Kier molecular flexibility index (Phi) is 5.91. The van der Waals surface area contributed by atoms with Gasteiger partial charge in [0.15, 0.2) is 5.82 Å². The molecule has 0 spiro atoms. The highest BCUT2D eigenvalue weighted by molar-refractivity contribution is 6.35. The zero-order valence-electron chi connectivity index (χ0n) is 12.4. The molecule has 21 heavy (non-hydrogen) atoms. The molecule has 0 bridgehead atoms. The first-order chi connectivity index (χ1) is 9.95. The third-order valence-corrected chi connectivity index (χ3v) is 4.25. The summed E-state index contributed by atoms with van der Waals surface area (Å²) in [6.07, 6.45) is 4.37. The Balaban J connectivity index is 1.88. The second-order valence-corrected chi connectivity index (χ2v) is 6.57. The Bertz CT molecular complexity index is 496. The van der Waals surface area contributed by atoms with E-state index >= 15 is 0 Å². The third-order valence-electron chi connectivity index (χ3n) is 3.70. The number of nitrogens with one attached hydrogen (secondary N) is 1. The number of hydrogen-bond donors (Lipinski definition) is 1. The molecule has 5 heteroatoms. The number of hydrogen-bond acceptors (Lipinski definition) is 2. The maximum Gasteiger partial charge on any atom is 0.160 e. The number of rotatable bonds is 4. The summed E-state index contributed by atoms with van der Waals surface area (Å²) >= 11 is 11.6. The molecule has 1 aromatic rings. The molecule has 0 atom stereocenters. The van der Waals surface area contributed by atoms with E-state index < -0.39 is 5.82 Å². The average Bonchev–Trinajstić information content (AvgIpc) is 2.44. The van der Waals surface area contributed by atoms with E-state index in [0.29, 0.717) is 6.04 Å². The zero-order chi connectivity index (χ0) is 15.4. The molecular formula is C16H21Cl2FN2. The van der Waals surface area contributed by atoms with Crippen LogP contribution in [-0.4, -0.2) is 30.6 Å². The van der Waals surface area contributed by atoms with Crippen LogP contribution in [0.25, 0.3) is 0 Å². The number of allylic oxidation sites excluding steroid dienone is 1. The van der Waals surface area contributed by atoms with Gasteiger partial charge in [0.25, 0.3) is 0 Å². The van der Waals surface area contributed by atoms with E-state index in [1.807, 2.05) is 0 Å².